The number of hydrogen-bond acceptors (Lipinski definition) is 6. The second-order valence-electron chi connectivity index (χ2n) is 6.20. The minimum Gasteiger partial charge on any atom is -0.383 e. The van der Waals surface area contributed by atoms with Gasteiger partial charge in [0, 0.05) is 16.8 Å². The summed E-state index contributed by atoms with van der Waals surface area (Å²) in [6.45, 7) is 0. The summed E-state index contributed by atoms with van der Waals surface area (Å²) in [7, 11) is 0. The molecule has 0 atom stereocenters. The molecule has 1 heterocycles. The largest absolute Gasteiger partial charge is 0.383 e. The summed E-state index contributed by atoms with van der Waals surface area (Å²) in [5.41, 5.74) is 7.14. The quantitative estimate of drug-likeness (QED) is 0.497. The van der Waals surface area contributed by atoms with Crippen molar-refractivity contribution in [3.63, 3.8) is 0 Å². The average Bonchev–Trinajstić information content (AvgIpc) is 3.12. The lowest BCUT2D eigenvalue weighted by Crippen LogP contribution is -2.61. The Kier molecular flexibility index (Phi) is 3.87. The van der Waals surface area contributed by atoms with Gasteiger partial charge in [0.25, 0.3) is 0 Å². The maximum absolute atomic E-state index is 13.3. The van der Waals surface area contributed by atoms with E-state index in [4.69, 9.17) is 18.0 Å². The van der Waals surface area contributed by atoms with Gasteiger partial charge in [0.1, 0.15) is 23.3 Å². The smallest absolute Gasteiger partial charge is 0.227 e. The zero-order valence-corrected chi connectivity index (χ0v) is 15.0. The Morgan fingerprint density at radius 2 is 1.71 bits per heavy atom. The van der Waals surface area contributed by atoms with Crippen LogP contribution in [0.4, 0.5) is 10.1 Å². The number of halogens is 1. The molecule has 1 aliphatic carbocycles. The van der Waals surface area contributed by atoms with E-state index in [2.05, 4.69) is 10.7 Å². The molecule has 2 aliphatic rings. The van der Waals surface area contributed by atoms with Gasteiger partial charge in [0.2, 0.25) is 17.1 Å². The Bertz CT molecular complexity index is 1080. The molecule has 9 heteroatoms. The first-order valence-corrected chi connectivity index (χ1v) is 8.54. The molecule has 2 aromatic rings. The SMILES string of the molecule is N#CC1=C(N)NN(C(=S)Nc2ccc(F)cc2)C12C(=O)c1ccccc1C2=O. The zero-order chi connectivity index (χ0) is 20.1. The van der Waals surface area contributed by atoms with Gasteiger partial charge in [-0.1, -0.05) is 24.3 Å². The van der Waals surface area contributed by atoms with E-state index in [1.165, 1.54) is 36.4 Å². The predicted molar refractivity (Wildman–Crippen MR) is 102 cm³/mol. The highest BCUT2D eigenvalue weighted by molar-refractivity contribution is 7.80. The number of carbonyl (C=O) groups is 2. The normalized spacial score (nSPS) is 16.8. The van der Waals surface area contributed by atoms with Crippen molar-refractivity contribution in [2.45, 2.75) is 5.54 Å². The number of hydrazine groups is 1. The van der Waals surface area contributed by atoms with E-state index in [-0.39, 0.29) is 27.6 Å². The van der Waals surface area contributed by atoms with Crippen molar-refractivity contribution >= 4 is 34.6 Å². The minimum atomic E-state index is -2.02. The first-order chi connectivity index (χ1) is 13.4. The van der Waals surface area contributed by atoms with E-state index in [0.29, 0.717) is 5.69 Å². The highest BCUT2D eigenvalue weighted by Gasteiger charge is 2.64. The van der Waals surface area contributed by atoms with E-state index >= 15 is 0 Å². The number of Topliss-reactive ketones (excluding diaryl/α,β-unsaturated/α-hetero) is 2. The Labute approximate surface area is 164 Å². The second kappa shape index (κ2) is 6.14. The third-order valence-electron chi connectivity index (χ3n) is 4.68. The van der Waals surface area contributed by atoms with E-state index in [9.17, 15) is 19.2 Å². The number of carbonyl (C=O) groups excluding carboxylic acids is 2. The summed E-state index contributed by atoms with van der Waals surface area (Å²) < 4.78 is 13.1. The van der Waals surface area contributed by atoms with Gasteiger partial charge in [-0.05, 0) is 36.5 Å². The topological polar surface area (TPSA) is 111 Å². The maximum atomic E-state index is 13.3. The number of hydrogen-bond donors (Lipinski definition) is 3. The number of rotatable bonds is 1. The molecule has 0 aromatic heterocycles. The fourth-order valence-corrected chi connectivity index (χ4v) is 3.73. The van der Waals surface area contributed by atoms with Crippen LogP contribution >= 0.6 is 12.2 Å². The molecule has 0 saturated carbocycles. The number of nitriles is 1. The molecule has 7 nitrogen and oxygen atoms in total. The molecule has 0 radical (unpaired) electrons. The number of ketones is 2. The molecule has 0 bridgehead atoms. The lowest BCUT2D eigenvalue weighted by Gasteiger charge is -2.33. The number of nitrogens with zero attached hydrogens (tertiary/aromatic N) is 2. The molecule has 0 saturated heterocycles. The van der Waals surface area contributed by atoms with Crippen molar-refractivity contribution in [2.24, 2.45) is 5.73 Å². The van der Waals surface area contributed by atoms with Gasteiger partial charge >= 0.3 is 0 Å². The Hall–Kier alpha value is -3.77. The lowest BCUT2D eigenvalue weighted by atomic mass is 9.85. The standard InChI is InChI=1S/C19H12FN5O2S/c20-10-5-7-11(8-6-10)23-18(28)25-19(14(9-21)17(22)24-25)15(26)12-3-1-2-4-13(12)16(19)27/h1-8,24H,22H2,(H,23,28). The van der Waals surface area contributed by atoms with Gasteiger partial charge in [0.05, 0.1) is 0 Å². The number of nitrogens with two attached hydrogens (primary N) is 1. The Morgan fingerprint density at radius 3 is 2.25 bits per heavy atom. The van der Waals surface area contributed by atoms with Crippen LogP contribution in [0, 0.1) is 17.1 Å². The van der Waals surface area contributed by atoms with E-state index < -0.39 is 22.9 Å². The summed E-state index contributed by atoms with van der Waals surface area (Å²) in [5, 5.41) is 13.5. The highest BCUT2D eigenvalue weighted by atomic mass is 32.1. The lowest BCUT2D eigenvalue weighted by molar-refractivity contribution is 0.0690. The van der Waals surface area contributed by atoms with Gasteiger partial charge in [0.15, 0.2) is 5.11 Å². The van der Waals surface area contributed by atoms with Crippen molar-refractivity contribution < 1.29 is 14.0 Å². The predicted octanol–water partition coefficient (Wildman–Crippen LogP) is 1.85. The van der Waals surface area contributed by atoms with Gasteiger partial charge in [-0.3, -0.25) is 15.0 Å². The maximum Gasteiger partial charge on any atom is 0.227 e. The number of benzene rings is 2. The molecule has 138 valence electrons. The Morgan fingerprint density at radius 1 is 1.14 bits per heavy atom. The summed E-state index contributed by atoms with van der Waals surface area (Å²) >= 11 is 5.37. The monoisotopic (exact) mass is 393 g/mol. The van der Waals surface area contributed by atoms with Crippen LogP contribution in [0.2, 0.25) is 0 Å². The van der Waals surface area contributed by atoms with Crippen LogP contribution in [0.5, 0.6) is 0 Å². The van der Waals surface area contributed by atoms with E-state index in [0.717, 1.165) is 5.01 Å². The summed E-state index contributed by atoms with van der Waals surface area (Å²) in [4.78, 5) is 26.6. The van der Waals surface area contributed by atoms with Crippen molar-refractivity contribution in [1.29, 1.82) is 5.26 Å². The van der Waals surface area contributed by atoms with Crippen LogP contribution in [-0.2, 0) is 0 Å². The summed E-state index contributed by atoms with van der Waals surface area (Å²) in [6, 6.07) is 13.5. The van der Waals surface area contributed by atoms with Crippen LogP contribution in [-0.4, -0.2) is 27.2 Å². The van der Waals surface area contributed by atoms with Crippen LogP contribution < -0.4 is 16.5 Å². The fourth-order valence-electron chi connectivity index (χ4n) is 3.43. The molecule has 1 aliphatic heterocycles. The molecular weight excluding hydrogens is 381 g/mol. The zero-order valence-electron chi connectivity index (χ0n) is 14.2. The molecule has 4 rings (SSSR count). The number of thiocarbonyl (C=S) groups is 1. The molecule has 28 heavy (non-hydrogen) atoms. The third kappa shape index (κ3) is 2.22. The van der Waals surface area contributed by atoms with Crippen molar-refractivity contribution in [1.82, 2.24) is 10.4 Å². The third-order valence-corrected chi connectivity index (χ3v) is 4.97. The van der Waals surface area contributed by atoms with E-state index in [1.54, 1.807) is 12.1 Å². The van der Waals surface area contributed by atoms with Gasteiger partial charge in [-0.2, -0.15) is 5.26 Å². The summed E-state index contributed by atoms with van der Waals surface area (Å²) in [6.07, 6.45) is 0. The van der Waals surface area contributed by atoms with Crippen LogP contribution in [0.3, 0.4) is 0 Å². The first kappa shape index (κ1) is 17.6. The molecular formula is C19H12FN5O2S. The number of nitrogens with one attached hydrogen (secondary N) is 2. The first-order valence-electron chi connectivity index (χ1n) is 8.13. The minimum absolute atomic E-state index is 0.0747. The van der Waals surface area contributed by atoms with Gasteiger partial charge < -0.3 is 11.1 Å². The van der Waals surface area contributed by atoms with Crippen molar-refractivity contribution in [3.05, 3.63) is 76.9 Å². The van der Waals surface area contributed by atoms with Crippen LogP contribution in [0.25, 0.3) is 0 Å². The van der Waals surface area contributed by atoms with Crippen LogP contribution in [0.15, 0.2) is 59.9 Å². The molecule has 4 N–H and O–H groups in total. The fraction of sp³-hybridized carbons (Fsp3) is 0.0526. The highest BCUT2D eigenvalue weighted by Crippen LogP contribution is 2.42. The van der Waals surface area contributed by atoms with Gasteiger partial charge in [-0.25, -0.2) is 9.40 Å². The van der Waals surface area contributed by atoms with Crippen molar-refractivity contribution in [3.8, 4) is 6.07 Å². The number of anilines is 1. The van der Waals surface area contributed by atoms with E-state index in [1.807, 2.05) is 6.07 Å². The van der Waals surface area contributed by atoms with Gasteiger partial charge in [-0.15, -0.1) is 0 Å². The van der Waals surface area contributed by atoms with Crippen molar-refractivity contribution in [2.75, 3.05) is 5.32 Å². The number of fused-ring (bicyclic) bond motifs is 1. The molecule has 1 spiro atoms. The average molecular weight is 393 g/mol. The molecule has 2 aromatic carbocycles. The molecule has 0 fully saturated rings. The van der Waals surface area contributed by atoms with Crippen LogP contribution in [0.1, 0.15) is 20.7 Å². The molecule has 0 unspecified atom stereocenters. The second-order valence-corrected chi connectivity index (χ2v) is 6.59. The molecule has 0 amide bonds. The summed E-state index contributed by atoms with van der Waals surface area (Å²) in [5.74, 6) is -1.76. The Balaban J connectivity index is 1.80.